The average Bonchev–Trinajstić information content (AvgIpc) is 3.18. The number of thiazole rings is 1. The number of anilines is 1. The maximum Gasteiger partial charge on any atom is 0.268 e. The fourth-order valence-corrected chi connectivity index (χ4v) is 4.30. The first-order valence-electron chi connectivity index (χ1n) is 9.35. The van der Waals surface area contributed by atoms with Crippen LogP contribution in [0.1, 0.15) is 17.5 Å². The zero-order valence-corrected chi connectivity index (χ0v) is 17.8. The van der Waals surface area contributed by atoms with Crippen molar-refractivity contribution < 1.29 is 14.3 Å². The minimum Gasteiger partial charge on any atom is -0.479 e. The molecule has 0 fully saturated rings. The molecule has 2 aromatic carbocycles. The molecule has 1 aromatic heterocycles. The molecule has 0 aliphatic carbocycles. The third kappa shape index (κ3) is 4.29. The van der Waals surface area contributed by atoms with Crippen LogP contribution in [0.15, 0.2) is 47.8 Å². The van der Waals surface area contributed by atoms with Gasteiger partial charge in [-0.25, -0.2) is 4.98 Å². The van der Waals surface area contributed by atoms with Gasteiger partial charge in [0.25, 0.3) is 5.91 Å². The Morgan fingerprint density at radius 3 is 2.93 bits per heavy atom. The molecule has 2 heterocycles. The van der Waals surface area contributed by atoms with E-state index in [0.29, 0.717) is 23.9 Å². The van der Waals surface area contributed by atoms with E-state index in [0.717, 1.165) is 33.9 Å². The number of carbonyl (C=O) groups is 1. The smallest absolute Gasteiger partial charge is 0.268 e. The average molecular weight is 429 g/mol. The third-order valence-electron chi connectivity index (χ3n) is 4.76. The number of fused-ring (bicyclic) bond motifs is 1. The van der Waals surface area contributed by atoms with E-state index in [1.54, 1.807) is 30.3 Å². The van der Waals surface area contributed by atoms with Crippen LogP contribution in [0.3, 0.4) is 0 Å². The first kappa shape index (κ1) is 19.9. The maximum absolute atomic E-state index is 12.9. The Hall–Kier alpha value is -2.41. The highest BCUT2D eigenvalue weighted by Crippen LogP contribution is 2.38. The SMILES string of the molecule is COCCc1nc(-c2ccc3c(c2)N(Cc2cccc(Cl)c2)C(=O)C(C)O3)cs1. The molecular weight excluding hydrogens is 408 g/mol. The molecule has 29 heavy (non-hydrogen) atoms. The van der Waals surface area contributed by atoms with Crippen LogP contribution in [0.2, 0.25) is 5.02 Å². The number of benzene rings is 2. The number of halogens is 1. The van der Waals surface area contributed by atoms with Crippen LogP contribution in [0.5, 0.6) is 5.75 Å². The van der Waals surface area contributed by atoms with Gasteiger partial charge in [0.05, 0.1) is 29.5 Å². The summed E-state index contributed by atoms with van der Waals surface area (Å²) in [5.74, 6) is 0.617. The molecule has 0 bridgehead atoms. The Morgan fingerprint density at radius 1 is 1.28 bits per heavy atom. The molecule has 0 saturated heterocycles. The van der Waals surface area contributed by atoms with Crippen LogP contribution in [0.25, 0.3) is 11.3 Å². The van der Waals surface area contributed by atoms with Crippen molar-refractivity contribution in [2.24, 2.45) is 0 Å². The number of methoxy groups -OCH3 is 1. The molecule has 0 N–H and O–H groups in total. The maximum atomic E-state index is 12.9. The van der Waals surface area contributed by atoms with Gasteiger partial charge >= 0.3 is 0 Å². The first-order valence-corrected chi connectivity index (χ1v) is 10.6. The molecule has 3 aromatic rings. The predicted molar refractivity (Wildman–Crippen MR) is 116 cm³/mol. The van der Waals surface area contributed by atoms with Gasteiger partial charge in [0.2, 0.25) is 0 Å². The van der Waals surface area contributed by atoms with Crippen LogP contribution in [-0.2, 0) is 22.5 Å². The number of hydrogen-bond donors (Lipinski definition) is 0. The lowest BCUT2D eigenvalue weighted by atomic mass is 10.1. The normalized spacial score (nSPS) is 15.9. The van der Waals surface area contributed by atoms with Gasteiger partial charge in [-0.15, -0.1) is 11.3 Å². The Kier molecular flexibility index (Phi) is 5.85. The van der Waals surface area contributed by atoms with E-state index in [4.69, 9.17) is 26.1 Å². The van der Waals surface area contributed by atoms with Crippen molar-refractivity contribution in [3.05, 3.63) is 63.4 Å². The van der Waals surface area contributed by atoms with Gasteiger partial charge in [-0.2, -0.15) is 0 Å². The molecule has 1 unspecified atom stereocenters. The van der Waals surface area contributed by atoms with Crippen molar-refractivity contribution in [2.45, 2.75) is 26.0 Å². The summed E-state index contributed by atoms with van der Waals surface area (Å²) in [5.41, 5.74) is 3.55. The van der Waals surface area contributed by atoms with Gasteiger partial charge < -0.3 is 14.4 Å². The van der Waals surface area contributed by atoms with Crippen LogP contribution >= 0.6 is 22.9 Å². The summed E-state index contributed by atoms with van der Waals surface area (Å²) in [6.07, 6.45) is 0.249. The fourth-order valence-electron chi connectivity index (χ4n) is 3.29. The van der Waals surface area contributed by atoms with E-state index < -0.39 is 6.10 Å². The second-order valence-electron chi connectivity index (χ2n) is 6.87. The van der Waals surface area contributed by atoms with Gasteiger partial charge in [-0.05, 0) is 42.8 Å². The van der Waals surface area contributed by atoms with Crippen LogP contribution < -0.4 is 9.64 Å². The van der Waals surface area contributed by atoms with Crippen LogP contribution in [0.4, 0.5) is 5.69 Å². The topological polar surface area (TPSA) is 51.7 Å². The number of hydrogen-bond acceptors (Lipinski definition) is 5. The number of ether oxygens (including phenoxy) is 2. The fraction of sp³-hybridized carbons (Fsp3) is 0.273. The third-order valence-corrected chi connectivity index (χ3v) is 5.91. The molecule has 7 heteroatoms. The van der Waals surface area contributed by atoms with Crippen molar-refractivity contribution >= 4 is 34.5 Å². The summed E-state index contributed by atoms with van der Waals surface area (Å²) in [6, 6.07) is 13.4. The molecular formula is C22H21ClN2O3S. The quantitative estimate of drug-likeness (QED) is 0.556. The van der Waals surface area contributed by atoms with Crippen molar-refractivity contribution in [1.82, 2.24) is 4.98 Å². The monoisotopic (exact) mass is 428 g/mol. The van der Waals surface area contributed by atoms with Crippen LogP contribution in [-0.4, -0.2) is 30.7 Å². The summed E-state index contributed by atoms with van der Waals surface area (Å²) < 4.78 is 11.0. The van der Waals surface area contributed by atoms with Crippen molar-refractivity contribution in [3.63, 3.8) is 0 Å². The van der Waals surface area contributed by atoms with Gasteiger partial charge in [0, 0.05) is 29.5 Å². The van der Waals surface area contributed by atoms with E-state index in [-0.39, 0.29) is 5.91 Å². The highest BCUT2D eigenvalue weighted by molar-refractivity contribution is 7.09. The molecule has 1 aliphatic rings. The second kappa shape index (κ2) is 8.53. The number of amides is 1. The standard InChI is InChI=1S/C22H21ClN2O3S/c1-14-22(26)25(12-15-4-3-5-17(23)10-15)19-11-16(6-7-20(19)28-14)18-13-29-21(24-18)8-9-27-2/h3-7,10-11,13-14H,8-9,12H2,1-2H3. The van der Waals surface area contributed by atoms with E-state index in [1.807, 2.05) is 47.8 Å². The van der Waals surface area contributed by atoms with E-state index >= 15 is 0 Å². The molecule has 4 rings (SSSR count). The number of nitrogens with zero attached hydrogens (tertiary/aromatic N) is 2. The largest absolute Gasteiger partial charge is 0.479 e. The minimum atomic E-state index is -0.535. The second-order valence-corrected chi connectivity index (χ2v) is 8.25. The molecule has 5 nitrogen and oxygen atoms in total. The molecule has 1 aliphatic heterocycles. The van der Waals surface area contributed by atoms with Crippen molar-refractivity contribution in [3.8, 4) is 17.0 Å². The Balaban J connectivity index is 1.67. The summed E-state index contributed by atoms with van der Waals surface area (Å²) in [6.45, 7) is 2.84. The summed E-state index contributed by atoms with van der Waals surface area (Å²) in [7, 11) is 1.69. The van der Waals surface area contributed by atoms with Crippen molar-refractivity contribution in [2.75, 3.05) is 18.6 Å². The van der Waals surface area contributed by atoms with E-state index in [1.165, 1.54) is 0 Å². The first-order chi connectivity index (χ1) is 14.0. The summed E-state index contributed by atoms with van der Waals surface area (Å²) in [4.78, 5) is 19.3. The minimum absolute atomic E-state index is 0.0753. The van der Waals surface area contributed by atoms with Gasteiger partial charge in [0.1, 0.15) is 5.75 Å². The lowest BCUT2D eigenvalue weighted by Crippen LogP contribution is -2.44. The van der Waals surface area contributed by atoms with Gasteiger partial charge in [-0.1, -0.05) is 23.7 Å². The molecule has 150 valence electrons. The Morgan fingerprint density at radius 2 is 2.14 bits per heavy atom. The molecule has 0 spiro atoms. The number of aromatic nitrogens is 1. The summed E-state index contributed by atoms with van der Waals surface area (Å²) >= 11 is 7.74. The number of rotatable bonds is 6. The Bertz CT molecular complexity index is 1040. The van der Waals surface area contributed by atoms with E-state index in [9.17, 15) is 4.79 Å². The lowest BCUT2D eigenvalue weighted by Gasteiger charge is -2.33. The lowest BCUT2D eigenvalue weighted by molar-refractivity contribution is -0.125. The van der Waals surface area contributed by atoms with E-state index in [2.05, 4.69) is 0 Å². The molecule has 0 radical (unpaired) electrons. The molecule has 0 saturated carbocycles. The van der Waals surface area contributed by atoms with Crippen LogP contribution in [0, 0.1) is 0 Å². The zero-order valence-electron chi connectivity index (χ0n) is 16.2. The zero-order chi connectivity index (χ0) is 20.4. The van der Waals surface area contributed by atoms with Gasteiger partial charge in [-0.3, -0.25) is 4.79 Å². The predicted octanol–water partition coefficient (Wildman–Crippen LogP) is 4.97. The molecule has 1 amide bonds. The highest BCUT2D eigenvalue weighted by Gasteiger charge is 2.32. The number of carbonyl (C=O) groups excluding carboxylic acids is 1. The van der Waals surface area contributed by atoms with Crippen molar-refractivity contribution in [1.29, 1.82) is 0 Å². The Labute approximate surface area is 178 Å². The van der Waals surface area contributed by atoms with Gasteiger partial charge in [0.15, 0.2) is 6.10 Å². The molecule has 1 atom stereocenters. The highest BCUT2D eigenvalue weighted by atomic mass is 35.5. The summed E-state index contributed by atoms with van der Waals surface area (Å²) in [5, 5.41) is 3.70.